The molecule has 0 aromatic heterocycles. The Balaban J connectivity index is 2.09. The molecule has 10 heteroatoms. The lowest BCUT2D eigenvalue weighted by Crippen LogP contribution is -2.56. The number of carbonyl (C=O) groups excluding carboxylic acids is 1. The molecule has 5 nitrogen and oxygen atoms in total. The molecule has 0 bridgehead atoms. The smallest absolute Gasteiger partial charge is 0.252 e. The van der Waals surface area contributed by atoms with Crippen molar-refractivity contribution in [3.63, 3.8) is 0 Å². The summed E-state index contributed by atoms with van der Waals surface area (Å²) in [5, 5.41) is 5.84. The van der Waals surface area contributed by atoms with Crippen LogP contribution in [0.2, 0.25) is 5.02 Å². The van der Waals surface area contributed by atoms with Crippen LogP contribution in [0.3, 0.4) is 0 Å². The molecule has 1 aliphatic heterocycles. The largest absolute Gasteiger partial charge is 0.333 e. The molecule has 1 fully saturated rings. The van der Waals surface area contributed by atoms with Crippen molar-refractivity contribution >= 4 is 62.1 Å². The van der Waals surface area contributed by atoms with Gasteiger partial charge in [-0.2, -0.15) is 0 Å². The third kappa shape index (κ3) is 5.66. The number of nitrogens with one attached hydrogen (secondary N) is 2. The average molecular weight is 420 g/mol. The van der Waals surface area contributed by atoms with Crippen molar-refractivity contribution in [3.05, 3.63) is 34.9 Å². The van der Waals surface area contributed by atoms with Crippen LogP contribution in [0.4, 0.5) is 0 Å². The number of alkyl halides is 3. The van der Waals surface area contributed by atoms with Crippen LogP contribution in [0, 0.1) is 0 Å². The topological polar surface area (TPSA) is 75.3 Å². The zero-order chi connectivity index (χ0) is 17.3. The number of sulfone groups is 1. The first-order chi connectivity index (χ1) is 10.6. The number of hydrogen-bond acceptors (Lipinski definition) is 4. The van der Waals surface area contributed by atoms with Crippen LogP contribution in [-0.2, 0) is 9.84 Å². The van der Waals surface area contributed by atoms with E-state index in [1.165, 1.54) is 6.07 Å². The molecule has 2 rings (SSSR count). The Kier molecular flexibility index (Phi) is 6.09. The summed E-state index contributed by atoms with van der Waals surface area (Å²) in [7, 11) is -3.09. The monoisotopic (exact) mass is 418 g/mol. The van der Waals surface area contributed by atoms with Crippen LogP contribution < -0.4 is 10.6 Å². The van der Waals surface area contributed by atoms with E-state index >= 15 is 0 Å². The minimum absolute atomic E-state index is 0.0583. The lowest BCUT2D eigenvalue weighted by Gasteiger charge is -2.29. The van der Waals surface area contributed by atoms with E-state index in [4.69, 9.17) is 46.4 Å². The van der Waals surface area contributed by atoms with Crippen LogP contribution in [-0.4, -0.2) is 41.8 Å². The van der Waals surface area contributed by atoms with Gasteiger partial charge in [-0.15, -0.1) is 0 Å². The molecule has 0 aliphatic carbocycles. The Hall–Kier alpha value is -0.240. The molecule has 1 aliphatic rings. The van der Waals surface area contributed by atoms with Crippen molar-refractivity contribution in [2.24, 2.45) is 0 Å². The third-order valence-corrected chi connectivity index (χ3v) is 5.98. The molecule has 0 spiro atoms. The molecule has 1 aromatic carbocycles. The third-order valence-electron chi connectivity index (χ3n) is 3.32. The molecule has 2 atom stereocenters. The van der Waals surface area contributed by atoms with E-state index in [2.05, 4.69) is 10.6 Å². The van der Waals surface area contributed by atoms with Crippen LogP contribution in [0.5, 0.6) is 0 Å². The van der Waals surface area contributed by atoms with Gasteiger partial charge < -0.3 is 5.32 Å². The van der Waals surface area contributed by atoms with Gasteiger partial charge in [0.25, 0.3) is 5.91 Å². The molecule has 128 valence electrons. The molecule has 0 unspecified atom stereocenters. The quantitative estimate of drug-likeness (QED) is 0.580. The van der Waals surface area contributed by atoms with Gasteiger partial charge in [0.1, 0.15) is 6.17 Å². The van der Waals surface area contributed by atoms with Gasteiger partial charge in [-0.3, -0.25) is 10.1 Å². The van der Waals surface area contributed by atoms with Gasteiger partial charge in [-0.1, -0.05) is 52.5 Å². The zero-order valence-electron chi connectivity index (χ0n) is 11.7. The summed E-state index contributed by atoms with van der Waals surface area (Å²) in [6, 6.07) is 5.91. The number of hydrogen-bond donors (Lipinski definition) is 2. The Morgan fingerprint density at radius 2 is 2.00 bits per heavy atom. The second-order valence-corrected chi connectivity index (χ2v) is 10.3. The van der Waals surface area contributed by atoms with Crippen LogP contribution >= 0.6 is 46.4 Å². The van der Waals surface area contributed by atoms with Gasteiger partial charge in [0.05, 0.1) is 11.5 Å². The minimum Gasteiger partial charge on any atom is -0.333 e. The van der Waals surface area contributed by atoms with Gasteiger partial charge in [-0.25, -0.2) is 8.42 Å². The molecule has 1 saturated heterocycles. The Morgan fingerprint density at radius 3 is 2.52 bits per heavy atom. The SMILES string of the molecule is O=C(N[C@@H](N[C@H]1CCS(=O)(=O)C1)C(Cl)(Cl)Cl)c1cccc(Cl)c1. The predicted octanol–water partition coefficient (Wildman–Crippen LogP) is 2.54. The number of benzene rings is 1. The zero-order valence-corrected chi connectivity index (χ0v) is 15.6. The Morgan fingerprint density at radius 1 is 1.30 bits per heavy atom. The lowest BCUT2D eigenvalue weighted by molar-refractivity contribution is 0.0927. The average Bonchev–Trinajstić information content (AvgIpc) is 2.76. The number of amides is 1. The van der Waals surface area contributed by atoms with Crippen molar-refractivity contribution in [1.82, 2.24) is 10.6 Å². The van der Waals surface area contributed by atoms with Crippen molar-refractivity contribution in [2.75, 3.05) is 11.5 Å². The van der Waals surface area contributed by atoms with Gasteiger partial charge >= 0.3 is 0 Å². The van der Waals surface area contributed by atoms with E-state index in [1.54, 1.807) is 18.2 Å². The van der Waals surface area contributed by atoms with Crippen LogP contribution in [0.1, 0.15) is 16.8 Å². The fraction of sp³-hybridized carbons (Fsp3) is 0.462. The second kappa shape index (κ2) is 7.33. The first-order valence-corrected chi connectivity index (χ1v) is 10.00. The molecular weight excluding hydrogens is 406 g/mol. The summed E-state index contributed by atoms with van der Waals surface area (Å²) in [6.45, 7) is 0. The normalized spacial score (nSPS) is 21.8. The summed E-state index contributed by atoms with van der Waals surface area (Å²) in [5.41, 5.74) is 0.303. The molecule has 1 aromatic rings. The van der Waals surface area contributed by atoms with E-state index in [0.29, 0.717) is 17.0 Å². The van der Waals surface area contributed by atoms with E-state index < -0.39 is 25.7 Å². The first-order valence-electron chi connectivity index (χ1n) is 6.66. The van der Waals surface area contributed by atoms with Crippen LogP contribution in [0.25, 0.3) is 0 Å². The Bertz CT molecular complexity index is 691. The fourth-order valence-electron chi connectivity index (χ4n) is 2.22. The number of carbonyl (C=O) groups is 1. The van der Waals surface area contributed by atoms with E-state index in [9.17, 15) is 13.2 Å². The highest BCUT2D eigenvalue weighted by Crippen LogP contribution is 2.30. The second-order valence-electron chi connectivity index (χ2n) is 5.23. The van der Waals surface area contributed by atoms with Crippen molar-refractivity contribution in [3.8, 4) is 0 Å². The van der Waals surface area contributed by atoms with Gasteiger partial charge in [0.15, 0.2) is 9.84 Å². The summed E-state index contributed by atoms with van der Waals surface area (Å²) >= 11 is 23.5. The van der Waals surface area contributed by atoms with Crippen molar-refractivity contribution < 1.29 is 13.2 Å². The van der Waals surface area contributed by atoms with Gasteiger partial charge in [0, 0.05) is 16.6 Å². The molecule has 0 radical (unpaired) electrons. The molecular formula is C13H14Cl4N2O3S. The molecule has 23 heavy (non-hydrogen) atoms. The summed E-state index contributed by atoms with van der Waals surface area (Å²) in [6.07, 6.45) is -0.649. The molecule has 1 amide bonds. The van der Waals surface area contributed by atoms with Gasteiger partial charge in [-0.05, 0) is 24.6 Å². The van der Waals surface area contributed by atoms with E-state index in [-0.39, 0.29) is 17.5 Å². The highest BCUT2D eigenvalue weighted by molar-refractivity contribution is 7.91. The maximum Gasteiger partial charge on any atom is 0.252 e. The van der Waals surface area contributed by atoms with E-state index in [0.717, 1.165) is 0 Å². The number of rotatable bonds is 4. The first kappa shape index (κ1) is 19.1. The highest BCUT2D eigenvalue weighted by Gasteiger charge is 2.38. The summed E-state index contributed by atoms with van der Waals surface area (Å²) in [4.78, 5) is 12.3. The molecule has 1 heterocycles. The lowest BCUT2D eigenvalue weighted by atomic mass is 10.2. The predicted molar refractivity (Wildman–Crippen MR) is 93.2 cm³/mol. The Labute approximate surface area is 154 Å². The molecule has 2 N–H and O–H groups in total. The summed E-state index contributed by atoms with van der Waals surface area (Å²) in [5.74, 6) is -0.478. The maximum atomic E-state index is 12.3. The maximum absolute atomic E-state index is 12.3. The summed E-state index contributed by atoms with van der Waals surface area (Å²) < 4.78 is 21.2. The van der Waals surface area contributed by atoms with E-state index in [1.807, 2.05) is 0 Å². The highest BCUT2D eigenvalue weighted by atomic mass is 35.6. The molecule has 0 saturated carbocycles. The standard InChI is InChI=1S/C13H14Cl4N2O3S/c14-9-3-1-2-8(6-9)11(20)19-12(13(15,16)17)18-10-4-5-23(21,22)7-10/h1-3,6,10,12,18H,4-5,7H2,(H,19,20)/t10-,12+/m0/s1. The van der Waals surface area contributed by atoms with Crippen molar-refractivity contribution in [2.45, 2.75) is 22.4 Å². The number of halogens is 4. The minimum atomic E-state index is -3.09. The van der Waals surface area contributed by atoms with Crippen molar-refractivity contribution in [1.29, 1.82) is 0 Å². The fourth-order valence-corrected chi connectivity index (χ4v) is 4.45. The van der Waals surface area contributed by atoms with Crippen LogP contribution in [0.15, 0.2) is 24.3 Å². The van der Waals surface area contributed by atoms with Gasteiger partial charge in [0.2, 0.25) is 3.79 Å².